The molecule has 0 aliphatic carbocycles. The molecule has 1 heterocycles. The van der Waals surface area contributed by atoms with Crippen LogP contribution in [0, 0.1) is 6.92 Å². The smallest absolute Gasteiger partial charge is 0.104 e. The largest absolute Gasteiger partial charge is 0.391 e. The van der Waals surface area contributed by atoms with Crippen molar-refractivity contribution in [3.8, 4) is 0 Å². The monoisotopic (exact) mass is 295 g/mol. The number of methoxy groups -OCH3 is 1. The minimum Gasteiger partial charge on any atom is -0.391 e. The van der Waals surface area contributed by atoms with Crippen LogP contribution in [0.3, 0.4) is 0 Å². The highest BCUT2D eigenvalue weighted by Gasteiger charge is 2.10. The number of benzene rings is 1. The van der Waals surface area contributed by atoms with E-state index in [1.807, 2.05) is 0 Å². The second-order valence-electron chi connectivity index (χ2n) is 4.17. The Morgan fingerprint density at radius 2 is 2.05 bits per heavy atom. The van der Waals surface area contributed by atoms with Gasteiger partial charge in [0.2, 0.25) is 0 Å². The maximum absolute atomic E-state index is 9.28. The van der Waals surface area contributed by atoms with Crippen LogP contribution in [0.25, 0.3) is 0 Å². The third-order valence-corrected chi connectivity index (χ3v) is 4.92. The summed E-state index contributed by atoms with van der Waals surface area (Å²) in [7, 11) is 1.64. The predicted octanol–water partition coefficient (Wildman–Crippen LogP) is 3.38. The van der Waals surface area contributed by atoms with Gasteiger partial charge in [-0.25, -0.2) is 4.98 Å². The van der Waals surface area contributed by atoms with E-state index in [-0.39, 0.29) is 6.61 Å². The molecule has 0 atom stereocenters. The number of ether oxygens (including phenoxy) is 1. The highest BCUT2D eigenvalue weighted by molar-refractivity contribution is 7.98. The molecular formula is C14H17NO2S2. The Morgan fingerprint density at radius 3 is 2.68 bits per heavy atom. The zero-order valence-electron chi connectivity index (χ0n) is 11.0. The molecule has 3 nitrogen and oxygen atoms in total. The summed E-state index contributed by atoms with van der Waals surface area (Å²) >= 11 is 3.32. The number of thioether (sulfide) groups is 1. The number of aromatic nitrogens is 1. The molecule has 0 bridgehead atoms. The van der Waals surface area contributed by atoms with Crippen molar-refractivity contribution in [2.45, 2.75) is 30.8 Å². The fraction of sp³-hybridized carbons (Fsp3) is 0.357. The van der Waals surface area contributed by atoms with E-state index in [2.05, 4.69) is 36.2 Å². The predicted molar refractivity (Wildman–Crippen MR) is 79.5 cm³/mol. The van der Waals surface area contributed by atoms with Gasteiger partial charge in [-0.05, 0) is 19.1 Å². The fourth-order valence-electron chi connectivity index (χ4n) is 1.65. The molecular weight excluding hydrogens is 278 g/mol. The van der Waals surface area contributed by atoms with Crippen LogP contribution in [-0.2, 0) is 23.7 Å². The van der Waals surface area contributed by atoms with Crippen LogP contribution in [0.2, 0.25) is 0 Å². The van der Waals surface area contributed by atoms with Crippen LogP contribution >= 0.6 is 23.1 Å². The summed E-state index contributed by atoms with van der Waals surface area (Å²) < 4.78 is 5.09. The normalized spacial score (nSPS) is 10.9. The molecule has 0 unspecified atom stereocenters. The Bertz CT molecular complexity index is 523. The lowest BCUT2D eigenvalue weighted by Gasteiger charge is -1.99. The van der Waals surface area contributed by atoms with Crippen LogP contribution in [0.1, 0.15) is 21.1 Å². The Balaban J connectivity index is 2.01. The minimum absolute atomic E-state index is 0.0333. The van der Waals surface area contributed by atoms with Gasteiger partial charge in [-0.1, -0.05) is 17.7 Å². The van der Waals surface area contributed by atoms with Crippen LogP contribution in [-0.4, -0.2) is 17.2 Å². The van der Waals surface area contributed by atoms with Gasteiger partial charge in [0, 0.05) is 12.0 Å². The van der Waals surface area contributed by atoms with E-state index >= 15 is 0 Å². The average Bonchev–Trinajstić information content (AvgIpc) is 2.81. The summed E-state index contributed by atoms with van der Waals surface area (Å²) in [5.41, 5.74) is 2.12. The van der Waals surface area contributed by atoms with Gasteiger partial charge in [-0.3, -0.25) is 0 Å². The van der Waals surface area contributed by atoms with Gasteiger partial charge in [-0.15, -0.1) is 23.1 Å². The molecule has 19 heavy (non-hydrogen) atoms. The summed E-state index contributed by atoms with van der Waals surface area (Å²) in [6, 6.07) is 8.46. The maximum Gasteiger partial charge on any atom is 0.104 e. The van der Waals surface area contributed by atoms with Crippen LogP contribution in [0.15, 0.2) is 29.2 Å². The van der Waals surface area contributed by atoms with Crippen molar-refractivity contribution >= 4 is 23.1 Å². The molecule has 5 heteroatoms. The topological polar surface area (TPSA) is 42.4 Å². The first-order valence-electron chi connectivity index (χ1n) is 5.99. The van der Waals surface area contributed by atoms with E-state index in [0.717, 1.165) is 21.3 Å². The summed E-state index contributed by atoms with van der Waals surface area (Å²) in [5.74, 6) is 0.824. The van der Waals surface area contributed by atoms with Crippen molar-refractivity contribution in [2.24, 2.45) is 0 Å². The molecule has 0 fully saturated rings. The second-order valence-corrected chi connectivity index (χ2v) is 6.39. The molecule has 102 valence electrons. The Morgan fingerprint density at radius 1 is 1.32 bits per heavy atom. The molecule has 1 aromatic carbocycles. The van der Waals surface area contributed by atoms with E-state index in [0.29, 0.717) is 6.61 Å². The zero-order valence-corrected chi connectivity index (χ0v) is 12.7. The minimum atomic E-state index is 0.0333. The van der Waals surface area contributed by atoms with Crippen LogP contribution in [0.4, 0.5) is 0 Å². The first-order chi connectivity index (χ1) is 9.22. The van der Waals surface area contributed by atoms with Gasteiger partial charge in [0.1, 0.15) is 5.01 Å². The summed E-state index contributed by atoms with van der Waals surface area (Å²) in [6.45, 7) is 2.58. The van der Waals surface area contributed by atoms with Crippen LogP contribution < -0.4 is 0 Å². The number of aliphatic hydroxyl groups is 1. The van der Waals surface area contributed by atoms with Gasteiger partial charge < -0.3 is 9.84 Å². The first kappa shape index (κ1) is 14.5. The van der Waals surface area contributed by atoms with E-state index in [1.165, 1.54) is 10.5 Å². The molecule has 0 radical (unpaired) electrons. The summed E-state index contributed by atoms with van der Waals surface area (Å²) in [4.78, 5) is 6.66. The summed E-state index contributed by atoms with van der Waals surface area (Å²) in [6.07, 6.45) is 0. The third kappa shape index (κ3) is 4.04. The lowest BCUT2D eigenvalue weighted by molar-refractivity contribution is 0.178. The molecule has 0 aliphatic heterocycles. The number of aliphatic hydroxyl groups excluding tert-OH is 1. The van der Waals surface area contributed by atoms with E-state index in [4.69, 9.17) is 4.74 Å². The molecule has 0 saturated carbocycles. The molecule has 0 amide bonds. The second kappa shape index (κ2) is 7.05. The van der Waals surface area contributed by atoms with Gasteiger partial charge in [0.25, 0.3) is 0 Å². The molecule has 0 saturated heterocycles. The molecule has 2 aromatic rings. The molecule has 1 aromatic heterocycles. The van der Waals surface area contributed by atoms with Crippen molar-refractivity contribution < 1.29 is 9.84 Å². The fourth-order valence-corrected chi connectivity index (χ4v) is 3.47. The quantitative estimate of drug-likeness (QED) is 0.830. The molecule has 0 spiro atoms. The number of nitrogens with zero attached hydrogens (tertiary/aromatic N) is 1. The number of rotatable bonds is 6. The summed E-state index contributed by atoms with van der Waals surface area (Å²) in [5, 5.41) is 10.3. The lowest BCUT2D eigenvalue weighted by Crippen LogP contribution is -1.93. The van der Waals surface area contributed by atoms with E-state index < -0.39 is 0 Å². The van der Waals surface area contributed by atoms with E-state index in [1.54, 1.807) is 30.2 Å². The average molecular weight is 295 g/mol. The molecule has 1 N–H and O–H groups in total. The maximum atomic E-state index is 9.28. The van der Waals surface area contributed by atoms with Crippen molar-refractivity contribution in [2.75, 3.05) is 7.11 Å². The molecule has 0 aliphatic rings. The lowest BCUT2D eigenvalue weighted by atomic mass is 10.2. The van der Waals surface area contributed by atoms with Crippen molar-refractivity contribution in [3.05, 3.63) is 45.4 Å². The van der Waals surface area contributed by atoms with Gasteiger partial charge >= 0.3 is 0 Å². The Kier molecular flexibility index (Phi) is 5.39. The number of aryl methyl sites for hydroxylation is 1. The van der Waals surface area contributed by atoms with Crippen LogP contribution in [0.5, 0.6) is 0 Å². The number of hydrogen-bond acceptors (Lipinski definition) is 5. The third-order valence-electron chi connectivity index (χ3n) is 2.63. The Labute approximate surface area is 121 Å². The highest BCUT2D eigenvalue weighted by atomic mass is 32.2. The van der Waals surface area contributed by atoms with Gasteiger partial charge in [0.15, 0.2) is 0 Å². The van der Waals surface area contributed by atoms with E-state index in [9.17, 15) is 5.11 Å². The standard InChI is InChI=1S/C14H17NO2S2/c1-10-3-5-11(6-4-10)18-9-14-15-12(8-17-2)13(7-16)19-14/h3-6,16H,7-9H2,1-2H3. The highest BCUT2D eigenvalue weighted by Crippen LogP contribution is 2.27. The van der Waals surface area contributed by atoms with Gasteiger partial charge in [0.05, 0.1) is 29.5 Å². The number of thiazole rings is 1. The Hall–Kier alpha value is -0.880. The van der Waals surface area contributed by atoms with Crippen molar-refractivity contribution in [1.29, 1.82) is 0 Å². The SMILES string of the molecule is COCc1nc(CSc2ccc(C)cc2)sc1CO. The first-order valence-corrected chi connectivity index (χ1v) is 7.80. The number of hydrogen-bond donors (Lipinski definition) is 1. The molecule has 2 rings (SSSR count). The van der Waals surface area contributed by atoms with Gasteiger partial charge in [-0.2, -0.15) is 0 Å². The zero-order chi connectivity index (χ0) is 13.7. The van der Waals surface area contributed by atoms with Crippen molar-refractivity contribution in [1.82, 2.24) is 4.98 Å². The van der Waals surface area contributed by atoms with Crippen molar-refractivity contribution in [3.63, 3.8) is 0 Å².